The van der Waals surface area contributed by atoms with Crippen molar-refractivity contribution >= 4 is 5.97 Å². The number of para-hydroxylation sites is 1. The van der Waals surface area contributed by atoms with Crippen LogP contribution in [0.15, 0.2) is 18.2 Å². The van der Waals surface area contributed by atoms with Crippen LogP contribution < -0.4 is 15.2 Å². The Morgan fingerprint density at radius 3 is 2.15 bits per heavy atom. The topological polar surface area (TPSA) is 81.8 Å². The molecule has 0 spiro atoms. The second kappa shape index (κ2) is 8.47. The molecule has 0 radical (unpaired) electrons. The molecule has 1 aromatic carbocycles. The monoisotopic (exact) mass is 389 g/mol. The highest BCUT2D eigenvalue weighted by molar-refractivity contribution is 5.70. The molecule has 1 aromatic rings. The molecule has 0 aliphatic carbocycles. The van der Waals surface area contributed by atoms with Crippen LogP contribution in [0.3, 0.4) is 0 Å². The van der Waals surface area contributed by atoms with E-state index in [9.17, 15) is 31.1 Å². The van der Waals surface area contributed by atoms with Crippen LogP contribution in [-0.2, 0) is 4.79 Å². The molecule has 0 aliphatic heterocycles. The van der Waals surface area contributed by atoms with Crippen molar-refractivity contribution in [2.45, 2.75) is 38.4 Å². The first-order valence-electron chi connectivity index (χ1n) is 7.45. The Bertz CT molecular complexity index is 617. The van der Waals surface area contributed by atoms with Crippen molar-refractivity contribution in [1.82, 2.24) is 0 Å². The molecule has 3 N–H and O–H groups in total. The van der Waals surface area contributed by atoms with Crippen LogP contribution in [0.4, 0.5) is 26.3 Å². The van der Waals surface area contributed by atoms with Gasteiger partial charge >= 0.3 is 18.7 Å². The summed E-state index contributed by atoms with van der Waals surface area (Å²) in [5.41, 5.74) is 5.10. The number of rotatable bonds is 8. The molecule has 0 heterocycles. The molecule has 0 saturated heterocycles. The SMILES string of the molecule is CCC(CC(CN)C(=O)O)c1cccc(OC(F)(F)F)c1OC(F)(F)F. The van der Waals surface area contributed by atoms with E-state index in [1.807, 2.05) is 0 Å². The number of nitrogens with two attached hydrogens (primary N) is 1. The van der Waals surface area contributed by atoms with Gasteiger partial charge in [0.05, 0.1) is 5.92 Å². The summed E-state index contributed by atoms with van der Waals surface area (Å²) in [5, 5.41) is 9.06. The van der Waals surface area contributed by atoms with Crippen LogP contribution in [0.25, 0.3) is 0 Å². The molecule has 0 saturated carbocycles. The molecule has 0 fully saturated rings. The average Bonchev–Trinajstić information content (AvgIpc) is 2.47. The van der Waals surface area contributed by atoms with Gasteiger partial charge < -0.3 is 20.3 Å². The number of ether oxygens (including phenoxy) is 2. The maximum atomic E-state index is 12.7. The fourth-order valence-electron chi connectivity index (χ4n) is 2.44. The van der Waals surface area contributed by atoms with Gasteiger partial charge in [-0.25, -0.2) is 0 Å². The zero-order valence-corrected chi connectivity index (χ0v) is 13.5. The van der Waals surface area contributed by atoms with Crippen LogP contribution in [-0.4, -0.2) is 30.3 Å². The maximum Gasteiger partial charge on any atom is 0.573 e. The van der Waals surface area contributed by atoms with Gasteiger partial charge in [-0.1, -0.05) is 19.1 Å². The lowest BCUT2D eigenvalue weighted by atomic mass is 9.86. The minimum absolute atomic E-state index is 0.146. The van der Waals surface area contributed by atoms with Gasteiger partial charge in [-0.2, -0.15) is 0 Å². The van der Waals surface area contributed by atoms with E-state index >= 15 is 0 Å². The molecular formula is C15H17F6NO4. The average molecular weight is 389 g/mol. The highest BCUT2D eigenvalue weighted by atomic mass is 19.4. The van der Waals surface area contributed by atoms with E-state index in [2.05, 4.69) is 9.47 Å². The summed E-state index contributed by atoms with van der Waals surface area (Å²) < 4.78 is 82.9. The molecule has 5 nitrogen and oxygen atoms in total. The highest BCUT2D eigenvalue weighted by Crippen LogP contribution is 2.43. The summed E-state index contributed by atoms with van der Waals surface area (Å²) in [4.78, 5) is 11.1. The number of carboxylic acid groups (broad SMARTS) is 1. The fourth-order valence-corrected chi connectivity index (χ4v) is 2.44. The van der Waals surface area contributed by atoms with Gasteiger partial charge in [-0.05, 0) is 24.8 Å². The molecule has 11 heteroatoms. The third kappa shape index (κ3) is 6.62. The largest absolute Gasteiger partial charge is 0.573 e. The third-order valence-electron chi connectivity index (χ3n) is 3.59. The van der Waals surface area contributed by atoms with E-state index in [-0.39, 0.29) is 24.9 Å². The van der Waals surface area contributed by atoms with Gasteiger partial charge in [0.25, 0.3) is 0 Å². The van der Waals surface area contributed by atoms with Gasteiger partial charge in [0.15, 0.2) is 11.5 Å². The standard InChI is InChI=1S/C15H17F6NO4/c1-2-8(6-9(7-22)13(23)24)10-4-3-5-11(25-14(16,17)18)12(10)26-15(19,20)21/h3-5,8-9H,2,6-7,22H2,1H3,(H,23,24). The molecule has 0 bridgehead atoms. The Kier molecular flexibility index (Phi) is 7.13. The zero-order chi connectivity index (χ0) is 20.1. The summed E-state index contributed by atoms with van der Waals surface area (Å²) >= 11 is 0. The van der Waals surface area contributed by atoms with E-state index < -0.39 is 42.0 Å². The minimum Gasteiger partial charge on any atom is -0.481 e. The van der Waals surface area contributed by atoms with E-state index in [0.717, 1.165) is 12.1 Å². The molecule has 1 rings (SSSR count). The smallest absolute Gasteiger partial charge is 0.481 e. The molecule has 2 atom stereocenters. The normalized spacial score (nSPS) is 14.6. The van der Waals surface area contributed by atoms with Crippen LogP contribution in [0.2, 0.25) is 0 Å². The van der Waals surface area contributed by atoms with Crippen molar-refractivity contribution in [3.63, 3.8) is 0 Å². The first-order valence-corrected chi connectivity index (χ1v) is 7.45. The second-order valence-corrected chi connectivity index (χ2v) is 5.38. The Morgan fingerprint density at radius 1 is 1.15 bits per heavy atom. The van der Waals surface area contributed by atoms with E-state index in [4.69, 9.17) is 10.8 Å². The number of aliphatic carboxylic acids is 1. The summed E-state index contributed by atoms with van der Waals surface area (Å²) in [6, 6.07) is 2.89. The van der Waals surface area contributed by atoms with Crippen molar-refractivity contribution in [1.29, 1.82) is 0 Å². The Morgan fingerprint density at radius 2 is 1.73 bits per heavy atom. The van der Waals surface area contributed by atoms with Crippen molar-refractivity contribution in [2.24, 2.45) is 11.7 Å². The van der Waals surface area contributed by atoms with Crippen molar-refractivity contribution in [3.05, 3.63) is 23.8 Å². The summed E-state index contributed by atoms with van der Waals surface area (Å²) in [7, 11) is 0. The molecular weight excluding hydrogens is 372 g/mol. The minimum atomic E-state index is -5.27. The lowest BCUT2D eigenvalue weighted by Crippen LogP contribution is -2.26. The Balaban J connectivity index is 3.37. The lowest BCUT2D eigenvalue weighted by Gasteiger charge is -2.24. The molecule has 0 aliphatic rings. The lowest BCUT2D eigenvalue weighted by molar-refractivity contribution is -0.287. The number of halogens is 6. The summed E-state index contributed by atoms with van der Waals surface area (Å²) in [6.07, 6.45) is -10.5. The first-order chi connectivity index (χ1) is 11.9. The van der Waals surface area contributed by atoms with Crippen LogP contribution in [0, 0.1) is 5.92 Å². The molecule has 0 amide bonds. The first kappa shape index (κ1) is 21.9. The molecule has 148 valence electrons. The number of hydrogen-bond donors (Lipinski definition) is 2. The van der Waals surface area contributed by atoms with Crippen LogP contribution in [0.5, 0.6) is 11.5 Å². The van der Waals surface area contributed by atoms with E-state index in [1.54, 1.807) is 6.92 Å². The number of benzene rings is 1. The third-order valence-corrected chi connectivity index (χ3v) is 3.59. The number of hydrogen-bond acceptors (Lipinski definition) is 4. The maximum absolute atomic E-state index is 12.7. The van der Waals surface area contributed by atoms with Gasteiger partial charge in [0.2, 0.25) is 0 Å². The predicted octanol–water partition coefficient (Wildman–Crippen LogP) is 4.03. The Labute approximate surface area is 144 Å². The number of carboxylic acids is 1. The zero-order valence-electron chi connectivity index (χ0n) is 13.5. The van der Waals surface area contributed by atoms with Gasteiger partial charge in [0.1, 0.15) is 0 Å². The van der Waals surface area contributed by atoms with Crippen molar-refractivity contribution < 1.29 is 45.7 Å². The molecule has 2 unspecified atom stereocenters. The Hall–Kier alpha value is -2.17. The quantitative estimate of drug-likeness (QED) is 0.656. The molecule has 26 heavy (non-hydrogen) atoms. The second-order valence-electron chi connectivity index (χ2n) is 5.38. The van der Waals surface area contributed by atoms with Crippen LogP contribution in [0.1, 0.15) is 31.2 Å². The summed E-state index contributed by atoms with van der Waals surface area (Å²) in [5.74, 6) is -5.48. The highest BCUT2D eigenvalue weighted by Gasteiger charge is 2.38. The van der Waals surface area contributed by atoms with Gasteiger partial charge in [-0.15, -0.1) is 26.3 Å². The summed E-state index contributed by atoms with van der Waals surface area (Å²) in [6.45, 7) is 1.27. The number of alkyl halides is 6. The van der Waals surface area contributed by atoms with Crippen molar-refractivity contribution in [2.75, 3.05) is 6.54 Å². The number of carbonyl (C=O) groups is 1. The van der Waals surface area contributed by atoms with E-state index in [0.29, 0.717) is 6.07 Å². The van der Waals surface area contributed by atoms with Gasteiger partial charge in [-0.3, -0.25) is 4.79 Å². The van der Waals surface area contributed by atoms with Crippen molar-refractivity contribution in [3.8, 4) is 11.5 Å². The molecule has 0 aromatic heterocycles. The van der Waals surface area contributed by atoms with E-state index in [1.165, 1.54) is 0 Å². The fraction of sp³-hybridized carbons (Fsp3) is 0.533. The predicted molar refractivity (Wildman–Crippen MR) is 77.6 cm³/mol. The van der Waals surface area contributed by atoms with Crippen LogP contribution >= 0.6 is 0 Å². The van der Waals surface area contributed by atoms with Gasteiger partial charge in [0, 0.05) is 12.1 Å².